The third-order valence-corrected chi connectivity index (χ3v) is 4.32. The van der Waals surface area contributed by atoms with Crippen molar-refractivity contribution in [2.45, 2.75) is 38.6 Å². The van der Waals surface area contributed by atoms with Crippen molar-refractivity contribution in [3.63, 3.8) is 0 Å². The lowest BCUT2D eigenvalue weighted by Gasteiger charge is -2.32. The van der Waals surface area contributed by atoms with E-state index in [4.69, 9.17) is 5.73 Å². The molecule has 2 rings (SSSR count). The van der Waals surface area contributed by atoms with Crippen LogP contribution in [0, 0.1) is 5.92 Å². The molecule has 0 bridgehead atoms. The summed E-state index contributed by atoms with van der Waals surface area (Å²) in [5.41, 5.74) is 7.10. The second-order valence-corrected chi connectivity index (χ2v) is 6.19. The van der Waals surface area contributed by atoms with Gasteiger partial charge in [-0.1, -0.05) is 37.3 Å². The summed E-state index contributed by atoms with van der Waals surface area (Å²) < 4.78 is 0. The first-order valence-electron chi connectivity index (χ1n) is 8.47. The summed E-state index contributed by atoms with van der Waals surface area (Å²) >= 11 is 0. The van der Waals surface area contributed by atoms with Crippen LogP contribution in [0.15, 0.2) is 30.3 Å². The number of halogens is 1. The van der Waals surface area contributed by atoms with E-state index in [1.54, 1.807) is 4.90 Å². The predicted octanol–water partition coefficient (Wildman–Crippen LogP) is 2.26. The third kappa shape index (κ3) is 5.80. The zero-order valence-corrected chi connectivity index (χ0v) is 15.1. The molecule has 5 nitrogen and oxygen atoms in total. The maximum absolute atomic E-state index is 12.5. The van der Waals surface area contributed by atoms with Gasteiger partial charge in [0.25, 0.3) is 0 Å². The van der Waals surface area contributed by atoms with Gasteiger partial charge in [0.2, 0.25) is 11.8 Å². The summed E-state index contributed by atoms with van der Waals surface area (Å²) in [4.78, 5) is 26.4. The van der Waals surface area contributed by atoms with E-state index in [-0.39, 0.29) is 42.6 Å². The second-order valence-electron chi connectivity index (χ2n) is 6.19. The van der Waals surface area contributed by atoms with Crippen LogP contribution in [0.3, 0.4) is 0 Å². The van der Waals surface area contributed by atoms with Crippen molar-refractivity contribution in [3.8, 4) is 0 Å². The van der Waals surface area contributed by atoms with Gasteiger partial charge in [-0.15, -0.1) is 12.4 Å². The number of benzene rings is 1. The van der Waals surface area contributed by atoms with E-state index in [2.05, 4.69) is 5.32 Å². The largest absolute Gasteiger partial charge is 0.356 e. The minimum atomic E-state index is -0.294. The van der Waals surface area contributed by atoms with Crippen LogP contribution in [-0.4, -0.2) is 36.3 Å². The van der Waals surface area contributed by atoms with Crippen LogP contribution in [0.4, 0.5) is 0 Å². The number of hydrogen-bond donors (Lipinski definition) is 2. The minimum absolute atomic E-state index is 0. The lowest BCUT2D eigenvalue weighted by Crippen LogP contribution is -2.46. The molecule has 1 aliphatic heterocycles. The van der Waals surface area contributed by atoms with Crippen molar-refractivity contribution in [3.05, 3.63) is 35.9 Å². The van der Waals surface area contributed by atoms with Crippen LogP contribution in [0.25, 0.3) is 0 Å². The second kappa shape index (κ2) is 10.3. The van der Waals surface area contributed by atoms with Crippen LogP contribution in [0.5, 0.6) is 0 Å². The molecule has 0 aliphatic carbocycles. The number of amides is 2. The molecule has 0 spiro atoms. The van der Waals surface area contributed by atoms with Gasteiger partial charge in [-0.2, -0.15) is 0 Å². The van der Waals surface area contributed by atoms with Gasteiger partial charge in [-0.05, 0) is 24.8 Å². The predicted molar refractivity (Wildman–Crippen MR) is 97.8 cm³/mol. The lowest BCUT2D eigenvalue weighted by atomic mass is 9.96. The number of carbonyl (C=O) groups is 2. The van der Waals surface area contributed by atoms with E-state index < -0.39 is 0 Å². The number of rotatable bonds is 6. The van der Waals surface area contributed by atoms with Crippen molar-refractivity contribution < 1.29 is 9.59 Å². The molecule has 2 atom stereocenters. The maximum atomic E-state index is 12.5. The summed E-state index contributed by atoms with van der Waals surface area (Å²) in [6.07, 6.45) is 2.93. The van der Waals surface area contributed by atoms with Gasteiger partial charge in [-0.3, -0.25) is 9.59 Å². The lowest BCUT2D eigenvalue weighted by molar-refractivity contribution is -0.136. The first-order chi connectivity index (χ1) is 11.1. The molecule has 1 aromatic carbocycles. The summed E-state index contributed by atoms with van der Waals surface area (Å²) in [6.45, 7) is 3.96. The highest BCUT2D eigenvalue weighted by Crippen LogP contribution is 2.20. The Kier molecular flexibility index (Phi) is 8.79. The fraction of sp³-hybridized carbons (Fsp3) is 0.556. The van der Waals surface area contributed by atoms with Crippen molar-refractivity contribution in [1.29, 1.82) is 0 Å². The van der Waals surface area contributed by atoms with Crippen molar-refractivity contribution in [2.75, 3.05) is 19.6 Å². The zero-order chi connectivity index (χ0) is 16.7. The van der Waals surface area contributed by atoms with Gasteiger partial charge >= 0.3 is 0 Å². The molecule has 6 heteroatoms. The monoisotopic (exact) mass is 353 g/mol. The Morgan fingerprint density at radius 2 is 2.04 bits per heavy atom. The quantitative estimate of drug-likeness (QED) is 0.823. The van der Waals surface area contributed by atoms with E-state index in [1.165, 1.54) is 0 Å². The highest BCUT2D eigenvalue weighted by Gasteiger charge is 2.28. The highest BCUT2D eigenvalue weighted by atomic mass is 35.5. The van der Waals surface area contributed by atoms with E-state index in [9.17, 15) is 9.59 Å². The molecule has 1 aliphatic rings. The van der Waals surface area contributed by atoms with Crippen LogP contribution in [0.1, 0.15) is 44.2 Å². The summed E-state index contributed by atoms with van der Waals surface area (Å²) in [5.74, 6) is 0.0123. The molecular weight excluding hydrogens is 326 g/mol. The zero-order valence-electron chi connectivity index (χ0n) is 14.2. The average Bonchev–Trinajstić information content (AvgIpc) is 2.60. The molecule has 24 heavy (non-hydrogen) atoms. The minimum Gasteiger partial charge on any atom is -0.356 e. The van der Waals surface area contributed by atoms with Crippen LogP contribution >= 0.6 is 12.4 Å². The Labute approximate surface area is 150 Å². The van der Waals surface area contributed by atoms with E-state index in [0.29, 0.717) is 13.1 Å². The van der Waals surface area contributed by atoms with Gasteiger partial charge in [0, 0.05) is 32.1 Å². The van der Waals surface area contributed by atoms with Gasteiger partial charge in [0.15, 0.2) is 0 Å². The Balaban J connectivity index is 0.00000288. The molecule has 1 aromatic rings. The number of nitrogens with two attached hydrogens (primary N) is 1. The van der Waals surface area contributed by atoms with Crippen LogP contribution in [-0.2, 0) is 9.59 Å². The number of nitrogens with one attached hydrogen (secondary N) is 1. The number of hydrogen-bond acceptors (Lipinski definition) is 3. The average molecular weight is 354 g/mol. The normalized spacial score (nSPS) is 18.4. The van der Waals surface area contributed by atoms with Crippen molar-refractivity contribution >= 4 is 24.2 Å². The Morgan fingerprint density at radius 3 is 2.71 bits per heavy atom. The number of piperidine rings is 1. The first kappa shape index (κ1) is 20.5. The Bertz CT molecular complexity index is 524. The van der Waals surface area contributed by atoms with E-state index in [1.807, 2.05) is 37.3 Å². The number of carbonyl (C=O) groups excluding carboxylic acids is 2. The van der Waals surface area contributed by atoms with Crippen LogP contribution in [0.2, 0.25) is 0 Å². The molecule has 1 fully saturated rings. The summed E-state index contributed by atoms with van der Waals surface area (Å²) in [6, 6.07) is 9.37. The molecule has 1 saturated heterocycles. The van der Waals surface area contributed by atoms with E-state index >= 15 is 0 Å². The molecule has 2 unspecified atom stereocenters. The molecule has 3 N–H and O–H groups in total. The fourth-order valence-corrected chi connectivity index (χ4v) is 2.95. The third-order valence-electron chi connectivity index (χ3n) is 4.32. The molecule has 1 heterocycles. The van der Waals surface area contributed by atoms with Crippen molar-refractivity contribution in [1.82, 2.24) is 10.2 Å². The molecule has 134 valence electrons. The standard InChI is InChI=1S/C18H27N3O2.ClH/c1-2-10-20-18(23)15-9-6-11-21(13-15)17(22)12-16(19)14-7-4-3-5-8-14;/h3-5,7-8,15-16H,2,6,9-13,19H2,1H3,(H,20,23);1H. The first-order valence-corrected chi connectivity index (χ1v) is 8.47. The fourth-order valence-electron chi connectivity index (χ4n) is 2.95. The summed E-state index contributed by atoms with van der Waals surface area (Å²) in [7, 11) is 0. The SMILES string of the molecule is CCCNC(=O)C1CCCN(C(=O)CC(N)c2ccccc2)C1.Cl. The van der Waals surface area contributed by atoms with Gasteiger partial charge in [0.1, 0.15) is 0 Å². The van der Waals surface area contributed by atoms with Crippen molar-refractivity contribution in [2.24, 2.45) is 11.7 Å². The molecule has 2 amide bonds. The number of likely N-dealkylation sites (tertiary alicyclic amines) is 1. The van der Waals surface area contributed by atoms with Crippen LogP contribution < -0.4 is 11.1 Å². The maximum Gasteiger partial charge on any atom is 0.224 e. The Morgan fingerprint density at radius 1 is 1.33 bits per heavy atom. The van der Waals surface area contributed by atoms with Gasteiger partial charge in [-0.25, -0.2) is 0 Å². The topological polar surface area (TPSA) is 75.4 Å². The highest BCUT2D eigenvalue weighted by molar-refractivity contribution is 5.85. The van der Waals surface area contributed by atoms with Gasteiger partial charge < -0.3 is 16.0 Å². The summed E-state index contributed by atoms with van der Waals surface area (Å²) in [5, 5.41) is 2.93. The Hall–Kier alpha value is -1.59. The molecule has 0 saturated carbocycles. The molecular formula is C18H28ClN3O2. The molecule has 0 aromatic heterocycles. The molecule has 0 radical (unpaired) electrons. The van der Waals surface area contributed by atoms with E-state index in [0.717, 1.165) is 31.4 Å². The number of nitrogens with zero attached hydrogens (tertiary/aromatic N) is 1. The smallest absolute Gasteiger partial charge is 0.224 e. The van der Waals surface area contributed by atoms with Gasteiger partial charge in [0.05, 0.1) is 5.92 Å².